The van der Waals surface area contributed by atoms with E-state index in [0.29, 0.717) is 13.0 Å². The highest BCUT2D eigenvalue weighted by atomic mass is 32.2. The summed E-state index contributed by atoms with van der Waals surface area (Å²) in [6.45, 7) is 3.16. The fraction of sp³-hybridized carbons (Fsp3) is 0.643. The Balaban J connectivity index is 1.60. The minimum atomic E-state index is -0.102. The van der Waals surface area contributed by atoms with Crippen molar-refractivity contribution in [2.75, 3.05) is 18.9 Å². The van der Waals surface area contributed by atoms with E-state index in [4.69, 9.17) is 4.74 Å². The molecule has 1 fully saturated rings. The number of ether oxygens (including phenoxy) is 1. The average molecular weight is 309 g/mol. The third-order valence-corrected chi connectivity index (χ3v) is 4.89. The van der Waals surface area contributed by atoms with Crippen molar-refractivity contribution in [1.29, 1.82) is 0 Å². The van der Waals surface area contributed by atoms with Crippen LogP contribution in [0.3, 0.4) is 0 Å². The topological polar surface area (TPSA) is 73.2 Å². The molecule has 7 heteroatoms. The second kappa shape index (κ2) is 6.19. The molecule has 0 saturated carbocycles. The summed E-state index contributed by atoms with van der Waals surface area (Å²) >= 11 is 1.54. The second-order valence-corrected chi connectivity index (χ2v) is 6.48. The molecule has 0 unspecified atom stereocenters. The Morgan fingerprint density at radius 2 is 2.48 bits per heavy atom. The van der Waals surface area contributed by atoms with Crippen molar-refractivity contribution in [1.82, 2.24) is 14.9 Å². The van der Waals surface area contributed by atoms with Gasteiger partial charge in [0.05, 0.1) is 12.1 Å². The lowest BCUT2D eigenvalue weighted by Crippen LogP contribution is -2.34. The zero-order chi connectivity index (χ0) is 14.8. The van der Waals surface area contributed by atoms with E-state index >= 15 is 0 Å². The van der Waals surface area contributed by atoms with E-state index in [9.17, 15) is 9.59 Å². The number of rotatable bonds is 4. The summed E-state index contributed by atoms with van der Waals surface area (Å²) in [5.74, 6) is 0.690. The van der Waals surface area contributed by atoms with Gasteiger partial charge in [-0.15, -0.1) is 0 Å². The molecule has 6 nitrogen and oxygen atoms in total. The average Bonchev–Trinajstić information content (AvgIpc) is 3.06. The first-order valence-electron chi connectivity index (χ1n) is 7.25. The molecule has 0 radical (unpaired) electrons. The molecule has 3 rings (SSSR count). The van der Waals surface area contributed by atoms with Gasteiger partial charge in [0.25, 0.3) is 5.56 Å². The van der Waals surface area contributed by atoms with Gasteiger partial charge in [-0.05, 0) is 19.8 Å². The van der Waals surface area contributed by atoms with Crippen molar-refractivity contribution in [2.45, 2.75) is 43.5 Å². The maximum Gasteiger partial charge on any atom is 0.254 e. The molecule has 2 aliphatic rings. The zero-order valence-corrected chi connectivity index (χ0v) is 12.8. The van der Waals surface area contributed by atoms with Crippen molar-refractivity contribution >= 4 is 17.7 Å². The van der Waals surface area contributed by atoms with Gasteiger partial charge in [0, 0.05) is 37.1 Å². The number of hydrogen-bond donors (Lipinski definition) is 1. The Morgan fingerprint density at radius 3 is 3.24 bits per heavy atom. The van der Waals surface area contributed by atoms with E-state index in [1.54, 1.807) is 4.57 Å². The number of carbonyl (C=O) groups is 1. The zero-order valence-electron chi connectivity index (χ0n) is 12.0. The Kier molecular flexibility index (Phi) is 4.30. The van der Waals surface area contributed by atoms with Crippen LogP contribution >= 0.6 is 11.8 Å². The Bertz CT molecular complexity index is 596. The Hall–Kier alpha value is -1.34. The molecule has 21 heavy (non-hydrogen) atoms. The third-order valence-electron chi connectivity index (χ3n) is 3.79. The quantitative estimate of drug-likeness (QED) is 0.836. The summed E-state index contributed by atoms with van der Waals surface area (Å²) in [6.07, 6.45) is 2.53. The summed E-state index contributed by atoms with van der Waals surface area (Å²) in [5.41, 5.74) is 0.654. The first-order chi connectivity index (χ1) is 10.1. The number of fused-ring (bicyclic) bond motifs is 1. The molecule has 1 amide bonds. The molecule has 0 bridgehead atoms. The minimum Gasteiger partial charge on any atom is -0.376 e. The van der Waals surface area contributed by atoms with Gasteiger partial charge in [-0.25, -0.2) is 4.98 Å². The van der Waals surface area contributed by atoms with Crippen molar-refractivity contribution in [3.8, 4) is 0 Å². The predicted molar refractivity (Wildman–Crippen MR) is 79.6 cm³/mol. The molecule has 1 saturated heterocycles. The number of nitrogens with zero attached hydrogens (tertiary/aromatic N) is 2. The first-order valence-corrected chi connectivity index (χ1v) is 8.23. The first kappa shape index (κ1) is 14.6. The molecule has 3 heterocycles. The smallest absolute Gasteiger partial charge is 0.254 e. The monoisotopic (exact) mass is 309 g/mol. The molecule has 1 aromatic rings. The molecule has 2 aliphatic heterocycles. The van der Waals surface area contributed by atoms with E-state index in [1.807, 2.05) is 6.92 Å². The fourth-order valence-electron chi connectivity index (χ4n) is 2.73. The maximum absolute atomic E-state index is 12.0. The molecular weight excluding hydrogens is 290 g/mol. The van der Waals surface area contributed by atoms with Crippen LogP contribution in [-0.2, 0) is 9.53 Å². The van der Waals surface area contributed by atoms with Gasteiger partial charge in [0.1, 0.15) is 0 Å². The normalized spacial score (nSPS) is 24.0. The maximum atomic E-state index is 12.0. The van der Waals surface area contributed by atoms with Crippen LogP contribution in [0.1, 0.15) is 31.0 Å². The Labute approximate surface area is 127 Å². The molecule has 0 spiro atoms. The highest BCUT2D eigenvalue weighted by molar-refractivity contribution is 7.99. The van der Waals surface area contributed by atoms with Gasteiger partial charge in [-0.3, -0.25) is 14.2 Å². The summed E-state index contributed by atoms with van der Waals surface area (Å²) in [4.78, 5) is 28.4. The van der Waals surface area contributed by atoms with E-state index in [0.717, 1.165) is 36.1 Å². The molecule has 0 aromatic carbocycles. The lowest BCUT2D eigenvalue weighted by Gasteiger charge is -2.15. The van der Waals surface area contributed by atoms with Gasteiger partial charge in [-0.1, -0.05) is 11.8 Å². The highest BCUT2D eigenvalue weighted by Crippen LogP contribution is 2.31. The number of thioether (sulfide) groups is 1. The van der Waals surface area contributed by atoms with Crippen LogP contribution in [0, 0.1) is 6.92 Å². The van der Waals surface area contributed by atoms with Crippen molar-refractivity contribution in [3.05, 3.63) is 22.1 Å². The Morgan fingerprint density at radius 1 is 1.62 bits per heavy atom. The van der Waals surface area contributed by atoms with Crippen LogP contribution < -0.4 is 10.9 Å². The highest BCUT2D eigenvalue weighted by Gasteiger charge is 2.27. The van der Waals surface area contributed by atoms with Crippen LogP contribution in [0.25, 0.3) is 0 Å². The van der Waals surface area contributed by atoms with Crippen LogP contribution in [0.2, 0.25) is 0 Å². The third kappa shape index (κ3) is 3.29. The molecule has 1 N–H and O–H groups in total. The van der Waals surface area contributed by atoms with Crippen LogP contribution in [0.15, 0.2) is 16.0 Å². The van der Waals surface area contributed by atoms with Gasteiger partial charge in [-0.2, -0.15) is 0 Å². The number of carbonyl (C=O) groups excluding carboxylic acids is 1. The van der Waals surface area contributed by atoms with Crippen molar-refractivity contribution in [3.63, 3.8) is 0 Å². The number of nitrogens with one attached hydrogen (secondary N) is 1. The lowest BCUT2D eigenvalue weighted by molar-refractivity contribution is -0.122. The van der Waals surface area contributed by atoms with Crippen LogP contribution in [0.5, 0.6) is 0 Å². The largest absolute Gasteiger partial charge is 0.376 e. The predicted octanol–water partition coefficient (Wildman–Crippen LogP) is 0.884. The van der Waals surface area contributed by atoms with Gasteiger partial charge in [0.15, 0.2) is 5.16 Å². The van der Waals surface area contributed by atoms with E-state index in [1.165, 1.54) is 17.8 Å². The number of amides is 1. The summed E-state index contributed by atoms with van der Waals surface area (Å²) in [5, 5.41) is 3.62. The standard InChI is InChI=1S/C14H19N3O3S/c1-9-5-13(19)17-10(8-21-14(17)16-9)6-12(18)15-7-11-3-2-4-20-11/h5,10-11H,2-4,6-8H2,1H3,(H,15,18)/t10-,11-/m0/s1. The fourth-order valence-corrected chi connectivity index (χ4v) is 3.93. The van der Waals surface area contributed by atoms with Gasteiger partial charge in [0.2, 0.25) is 5.91 Å². The van der Waals surface area contributed by atoms with E-state index in [-0.39, 0.29) is 23.6 Å². The summed E-state index contributed by atoms with van der Waals surface area (Å²) in [6, 6.07) is 1.42. The van der Waals surface area contributed by atoms with Gasteiger partial charge >= 0.3 is 0 Å². The minimum absolute atomic E-state index is 0.0311. The summed E-state index contributed by atoms with van der Waals surface area (Å²) in [7, 11) is 0. The molecule has 0 aliphatic carbocycles. The SMILES string of the molecule is Cc1cc(=O)n2c(n1)SC[C@@H]2CC(=O)NC[C@@H]1CCCO1. The molecule has 1 aromatic heterocycles. The number of hydrogen-bond acceptors (Lipinski definition) is 5. The van der Waals surface area contributed by atoms with Crippen LogP contribution in [0.4, 0.5) is 0 Å². The molecule has 114 valence electrons. The molecular formula is C14H19N3O3S. The van der Waals surface area contributed by atoms with Crippen molar-refractivity contribution in [2.24, 2.45) is 0 Å². The van der Waals surface area contributed by atoms with E-state index in [2.05, 4.69) is 10.3 Å². The molecule has 2 atom stereocenters. The van der Waals surface area contributed by atoms with Crippen molar-refractivity contribution < 1.29 is 9.53 Å². The van der Waals surface area contributed by atoms with Crippen LogP contribution in [-0.4, -0.2) is 40.5 Å². The van der Waals surface area contributed by atoms with Gasteiger partial charge < -0.3 is 10.1 Å². The lowest BCUT2D eigenvalue weighted by atomic mass is 10.2. The van der Waals surface area contributed by atoms with E-state index < -0.39 is 0 Å². The second-order valence-electron chi connectivity index (χ2n) is 5.50. The summed E-state index contributed by atoms with van der Waals surface area (Å²) < 4.78 is 7.12. The number of aromatic nitrogens is 2. The number of aryl methyl sites for hydroxylation is 1.